The Labute approximate surface area is 204 Å². The Morgan fingerprint density at radius 3 is 2.44 bits per heavy atom. The van der Waals surface area contributed by atoms with Crippen LogP contribution in [0.2, 0.25) is 0 Å². The van der Waals surface area contributed by atoms with E-state index in [-0.39, 0.29) is 17.2 Å². The van der Waals surface area contributed by atoms with E-state index in [0.717, 1.165) is 16.2 Å². The molecule has 1 saturated heterocycles. The molecule has 11 heteroatoms. The van der Waals surface area contributed by atoms with Crippen molar-refractivity contribution in [2.75, 3.05) is 42.7 Å². The van der Waals surface area contributed by atoms with Crippen LogP contribution < -0.4 is 10.2 Å². The van der Waals surface area contributed by atoms with E-state index in [2.05, 4.69) is 10.3 Å². The summed E-state index contributed by atoms with van der Waals surface area (Å²) in [4.78, 5) is 44.8. The second-order valence-electron chi connectivity index (χ2n) is 7.67. The number of benzene rings is 2. The minimum atomic E-state index is -0.483. The van der Waals surface area contributed by atoms with Gasteiger partial charge in [0, 0.05) is 60.6 Å². The molecular weight excluding hydrogens is 474 g/mol. The summed E-state index contributed by atoms with van der Waals surface area (Å²) in [6.07, 6.45) is 2.01. The van der Waals surface area contributed by atoms with Gasteiger partial charge in [0.05, 0.1) is 10.6 Å². The lowest BCUT2D eigenvalue weighted by molar-refractivity contribution is -0.384. The van der Waals surface area contributed by atoms with Crippen LogP contribution in [0.5, 0.6) is 0 Å². The number of thiazole rings is 1. The number of hydrogen-bond acceptors (Lipinski definition) is 8. The van der Waals surface area contributed by atoms with Crippen molar-refractivity contribution >= 4 is 51.4 Å². The van der Waals surface area contributed by atoms with Crippen molar-refractivity contribution in [3.05, 3.63) is 63.5 Å². The zero-order valence-corrected chi connectivity index (χ0v) is 20.3. The number of nitro benzene ring substituents is 1. The maximum absolute atomic E-state index is 12.8. The summed E-state index contributed by atoms with van der Waals surface area (Å²) in [6, 6.07) is 12.4. The van der Waals surface area contributed by atoms with Crippen LogP contribution in [0.25, 0.3) is 11.3 Å². The van der Waals surface area contributed by atoms with Crippen LogP contribution in [0.15, 0.2) is 52.7 Å². The Morgan fingerprint density at radius 2 is 1.82 bits per heavy atom. The number of nitrogens with zero attached hydrogens (tertiary/aromatic N) is 4. The molecule has 2 heterocycles. The first kappa shape index (κ1) is 23.7. The monoisotopic (exact) mass is 497 g/mol. The van der Waals surface area contributed by atoms with Crippen molar-refractivity contribution < 1.29 is 14.5 Å². The molecule has 0 unspecified atom stereocenters. The summed E-state index contributed by atoms with van der Waals surface area (Å²) in [5, 5.41) is 16.8. The number of nitro groups is 1. The summed E-state index contributed by atoms with van der Waals surface area (Å²) < 4.78 is 0. The van der Waals surface area contributed by atoms with Gasteiger partial charge in [0.15, 0.2) is 5.13 Å². The van der Waals surface area contributed by atoms with Crippen molar-refractivity contribution in [1.82, 2.24) is 9.88 Å². The molecule has 34 heavy (non-hydrogen) atoms. The van der Waals surface area contributed by atoms with Crippen LogP contribution in [0.1, 0.15) is 17.3 Å². The number of aromatic nitrogens is 1. The highest BCUT2D eigenvalue weighted by Gasteiger charge is 2.26. The molecule has 1 fully saturated rings. The van der Waals surface area contributed by atoms with E-state index >= 15 is 0 Å². The number of rotatable bonds is 6. The SMILES string of the molecule is CSc1ccc(-c2csc(NC(=O)c3ccc(N4CCN(C(C)=O)CC4)c([N+](=O)[O-])c3)n2)cc1. The van der Waals surface area contributed by atoms with Gasteiger partial charge in [-0.2, -0.15) is 0 Å². The lowest BCUT2D eigenvalue weighted by atomic mass is 10.1. The van der Waals surface area contributed by atoms with E-state index < -0.39 is 10.8 Å². The summed E-state index contributed by atoms with van der Waals surface area (Å²) in [5.41, 5.74) is 2.17. The zero-order valence-electron chi connectivity index (χ0n) is 18.7. The molecule has 4 rings (SSSR count). The van der Waals surface area contributed by atoms with Gasteiger partial charge in [0.2, 0.25) is 5.91 Å². The molecule has 2 aromatic carbocycles. The van der Waals surface area contributed by atoms with Gasteiger partial charge in [0.25, 0.3) is 11.6 Å². The number of hydrogen-bond donors (Lipinski definition) is 1. The largest absolute Gasteiger partial charge is 0.362 e. The summed E-state index contributed by atoms with van der Waals surface area (Å²) in [7, 11) is 0. The third kappa shape index (κ3) is 5.20. The van der Waals surface area contributed by atoms with Crippen molar-refractivity contribution in [3.8, 4) is 11.3 Å². The summed E-state index contributed by atoms with van der Waals surface area (Å²) in [6.45, 7) is 3.50. The van der Waals surface area contributed by atoms with E-state index in [1.165, 1.54) is 24.3 Å². The van der Waals surface area contributed by atoms with E-state index in [1.54, 1.807) is 28.8 Å². The van der Waals surface area contributed by atoms with Gasteiger partial charge in [-0.3, -0.25) is 25.0 Å². The van der Waals surface area contributed by atoms with E-state index in [4.69, 9.17) is 0 Å². The standard InChI is InChI=1S/C23H23N5O4S2/c1-15(29)26-9-11-27(12-10-26)20-8-5-17(13-21(20)28(31)32)22(30)25-23-24-19(14-34-23)16-3-6-18(33-2)7-4-16/h3-8,13-14H,9-12H2,1-2H3,(H,24,25,30). The van der Waals surface area contributed by atoms with Crippen molar-refractivity contribution in [1.29, 1.82) is 0 Å². The topological polar surface area (TPSA) is 109 Å². The Bertz CT molecular complexity index is 1220. The van der Waals surface area contributed by atoms with Gasteiger partial charge in [-0.1, -0.05) is 12.1 Å². The number of amides is 2. The van der Waals surface area contributed by atoms with Crippen LogP contribution in [0.3, 0.4) is 0 Å². The minimum Gasteiger partial charge on any atom is -0.362 e. The summed E-state index contributed by atoms with van der Waals surface area (Å²) >= 11 is 2.95. The quantitative estimate of drug-likeness (QED) is 0.306. The molecule has 3 aromatic rings. The molecule has 0 saturated carbocycles. The molecular formula is C23H23N5O4S2. The molecule has 0 aliphatic carbocycles. The molecule has 0 atom stereocenters. The van der Waals surface area contributed by atoms with Crippen molar-refractivity contribution in [2.24, 2.45) is 0 Å². The fourth-order valence-electron chi connectivity index (χ4n) is 3.74. The average Bonchev–Trinajstić information content (AvgIpc) is 3.32. The Balaban J connectivity index is 1.48. The van der Waals surface area contributed by atoms with Gasteiger partial charge >= 0.3 is 0 Å². The van der Waals surface area contributed by atoms with E-state index in [9.17, 15) is 19.7 Å². The fraction of sp³-hybridized carbons (Fsp3) is 0.261. The molecule has 2 amide bonds. The third-order valence-electron chi connectivity index (χ3n) is 5.61. The van der Waals surface area contributed by atoms with E-state index in [1.807, 2.05) is 40.8 Å². The number of thioether (sulfide) groups is 1. The Kier molecular flexibility index (Phi) is 7.13. The van der Waals surface area contributed by atoms with Crippen LogP contribution >= 0.6 is 23.1 Å². The summed E-state index contributed by atoms with van der Waals surface area (Å²) in [5.74, 6) is -0.474. The Hall–Kier alpha value is -3.44. The lowest BCUT2D eigenvalue weighted by Crippen LogP contribution is -2.48. The highest BCUT2D eigenvalue weighted by atomic mass is 32.2. The van der Waals surface area contributed by atoms with Crippen molar-refractivity contribution in [2.45, 2.75) is 11.8 Å². The zero-order chi connectivity index (χ0) is 24.2. The normalized spacial score (nSPS) is 13.6. The first-order valence-corrected chi connectivity index (χ1v) is 12.7. The van der Waals surface area contributed by atoms with Crippen LogP contribution in [0.4, 0.5) is 16.5 Å². The number of nitrogens with one attached hydrogen (secondary N) is 1. The number of anilines is 2. The minimum absolute atomic E-state index is 0.0107. The molecule has 0 spiro atoms. The molecule has 1 aliphatic heterocycles. The maximum Gasteiger partial charge on any atom is 0.293 e. The highest BCUT2D eigenvalue weighted by Crippen LogP contribution is 2.31. The van der Waals surface area contributed by atoms with Gasteiger partial charge < -0.3 is 9.80 Å². The van der Waals surface area contributed by atoms with Gasteiger partial charge in [-0.25, -0.2) is 4.98 Å². The number of piperazine rings is 1. The van der Waals surface area contributed by atoms with Gasteiger partial charge in [-0.15, -0.1) is 23.1 Å². The fourth-order valence-corrected chi connectivity index (χ4v) is 4.86. The van der Waals surface area contributed by atoms with Gasteiger partial charge in [0.1, 0.15) is 5.69 Å². The molecule has 176 valence electrons. The third-order valence-corrected chi connectivity index (χ3v) is 7.11. The molecule has 1 aromatic heterocycles. The second kappa shape index (κ2) is 10.2. The number of carbonyl (C=O) groups is 2. The lowest BCUT2D eigenvalue weighted by Gasteiger charge is -2.35. The predicted octanol–water partition coefficient (Wildman–Crippen LogP) is 4.36. The predicted molar refractivity (Wildman–Crippen MR) is 135 cm³/mol. The van der Waals surface area contributed by atoms with Crippen molar-refractivity contribution in [3.63, 3.8) is 0 Å². The second-order valence-corrected chi connectivity index (χ2v) is 9.41. The van der Waals surface area contributed by atoms with Crippen LogP contribution in [-0.4, -0.2) is 59.1 Å². The van der Waals surface area contributed by atoms with Gasteiger partial charge in [-0.05, 0) is 30.5 Å². The van der Waals surface area contributed by atoms with E-state index in [0.29, 0.717) is 37.0 Å². The highest BCUT2D eigenvalue weighted by molar-refractivity contribution is 7.98. The number of carbonyl (C=O) groups excluding carboxylic acids is 2. The average molecular weight is 498 g/mol. The molecule has 1 N–H and O–H groups in total. The maximum atomic E-state index is 12.8. The first-order valence-electron chi connectivity index (χ1n) is 10.6. The molecule has 9 nitrogen and oxygen atoms in total. The Morgan fingerprint density at radius 1 is 1.12 bits per heavy atom. The molecule has 1 aliphatic rings. The van der Waals surface area contributed by atoms with Crippen LogP contribution in [0, 0.1) is 10.1 Å². The smallest absolute Gasteiger partial charge is 0.293 e. The molecule has 0 bridgehead atoms. The van der Waals surface area contributed by atoms with Crippen LogP contribution in [-0.2, 0) is 4.79 Å². The first-order chi connectivity index (χ1) is 16.4. The molecule has 0 radical (unpaired) electrons.